The SMILES string of the molecule is C=C1NC[C@@H](C(=O)NC(c2ccccc2)C2CCCC2)CC(=O)N1. The van der Waals surface area contributed by atoms with Crippen LogP contribution in [0.25, 0.3) is 0 Å². The summed E-state index contributed by atoms with van der Waals surface area (Å²) in [6.45, 7) is 4.14. The normalized spacial score (nSPS) is 23.1. The summed E-state index contributed by atoms with van der Waals surface area (Å²) in [6.07, 6.45) is 4.90. The molecule has 1 saturated heterocycles. The summed E-state index contributed by atoms with van der Waals surface area (Å²) in [4.78, 5) is 24.6. The van der Waals surface area contributed by atoms with E-state index in [0.717, 1.165) is 18.4 Å². The average Bonchev–Trinajstić information content (AvgIpc) is 3.05. The van der Waals surface area contributed by atoms with Crippen LogP contribution in [0.1, 0.15) is 43.7 Å². The van der Waals surface area contributed by atoms with Crippen molar-refractivity contribution in [2.45, 2.75) is 38.1 Å². The summed E-state index contributed by atoms with van der Waals surface area (Å²) < 4.78 is 0. The molecule has 128 valence electrons. The standard InChI is InChI=1S/C19H25N3O2/c1-13-20-12-16(11-17(23)21-13)19(24)22-18(15-9-5-6-10-15)14-7-3-2-4-8-14/h2-4,7-8,15-16,18,20H,1,5-6,9-12H2,(H,21,23)(H,22,24)/t16-,18?/m0/s1. The summed E-state index contributed by atoms with van der Waals surface area (Å²) in [6, 6.07) is 10.2. The quantitative estimate of drug-likeness (QED) is 0.794. The van der Waals surface area contributed by atoms with E-state index in [1.54, 1.807) is 0 Å². The van der Waals surface area contributed by atoms with Gasteiger partial charge in [0.1, 0.15) is 0 Å². The average molecular weight is 327 g/mol. The van der Waals surface area contributed by atoms with Gasteiger partial charge in [0.05, 0.1) is 17.8 Å². The number of nitrogens with one attached hydrogen (secondary N) is 3. The molecule has 2 aliphatic rings. The molecule has 1 aliphatic heterocycles. The highest BCUT2D eigenvalue weighted by Gasteiger charge is 2.31. The molecule has 3 rings (SSSR count). The summed E-state index contributed by atoms with van der Waals surface area (Å²) in [5, 5.41) is 8.86. The first kappa shape index (κ1) is 16.6. The lowest BCUT2D eigenvalue weighted by Crippen LogP contribution is -2.40. The maximum absolute atomic E-state index is 12.8. The van der Waals surface area contributed by atoms with E-state index in [1.807, 2.05) is 18.2 Å². The van der Waals surface area contributed by atoms with Gasteiger partial charge in [-0.15, -0.1) is 0 Å². The summed E-state index contributed by atoms with van der Waals surface area (Å²) in [5.74, 6) is 0.330. The Morgan fingerprint density at radius 1 is 1.21 bits per heavy atom. The van der Waals surface area contributed by atoms with Crippen LogP contribution in [0.5, 0.6) is 0 Å². The molecule has 24 heavy (non-hydrogen) atoms. The highest BCUT2D eigenvalue weighted by Crippen LogP contribution is 2.35. The van der Waals surface area contributed by atoms with Crippen LogP contribution < -0.4 is 16.0 Å². The first-order chi connectivity index (χ1) is 11.6. The topological polar surface area (TPSA) is 70.2 Å². The van der Waals surface area contributed by atoms with Crippen molar-refractivity contribution in [1.29, 1.82) is 0 Å². The Morgan fingerprint density at radius 3 is 2.62 bits per heavy atom. The molecule has 1 heterocycles. The van der Waals surface area contributed by atoms with E-state index in [9.17, 15) is 9.59 Å². The number of hydrogen-bond donors (Lipinski definition) is 3. The fourth-order valence-corrected chi connectivity index (χ4v) is 3.69. The Labute approximate surface area is 142 Å². The number of rotatable bonds is 4. The lowest BCUT2D eigenvalue weighted by atomic mass is 9.90. The van der Waals surface area contributed by atoms with Crippen LogP contribution in [0.3, 0.4) is 0 Å². The van der Waals surface area contributed by atoms with Crippen LogP contribution >= 0.6 is 0 Å². The van der Waals surface area contributed by atoms with Crippen molar-refractivity contribution >= 4 is 11.8 Å². The van der Waals surface area contributed by atoms with Crippen LogP contribution in [0.2, 0.25) is 0 Å². The molecule has 3 N–H and O–H groups in total. The minimum atomic E-state index is -0.378. The van der Waals surface area contributed by atoms with E-state index in [2.05, 4.69) is 34.7 Å². The Kier molecular flexibility index (Phi) is 5.18. The van der Waals surface area contributed by atoms with Crippen LogP contribution in [-0.4, -0.2) is 18.4 Å². The highest BCUT2D eigenvalue weighted by atomic mass is 16.2. The molecule has 5 nitrogen and oxygen atoms in total. The van der Waals surface area contributed by atoms with Gasteiger partial charge >= 0.3 is 0 Å². The zero-order chi connectivity index (χ0) is 16.9. The first-order valence-electron chi connectivity index (χ1n) is 8.71. The molecule has 1 unspecified atom stereocenters. The second kappa shape index (κ2) is 7.51. The number of carbonyl (C=O) groups is 2. The monoisotopic (exact) mass is 327 g/mol. The molecule has 0 aromatic heterocycles. The van der Waals surface area contributed by atoms with Crippen molar-refractivity contribution in [2.75, 3.05) is 6.54 Å². The second-order valence-corrected chi connectivity index (χ2v) is 6.75. The molecule has 5 heteroatoms. The van der Waals surface area contributed by atoms with Gasteiger partial charge in [0.15, 0.2) is 0 Å². The van der Waals surface area contributed by atoms with Gasteiger partial charge in [0.25, 0.3) is 0 Å². The van der Waals surface area contributed by atoms with E-state index >= 15 is 0 Å². The van der Waals surface area contributed by atoms with Gasteiger partial charge in [0.2, 0.25) is 11.8 Å². The predicted molar refractivity (Wildman–Crippen MR) is 92.7 cm³/mol. The van der Waals surface area contributed by atoms with E-state index in [4.69, 9.17) is 0 Å². The van der Waals surface area contributed by atoms with Crippen LogP contribution in [0.4, 0.5) is 0 Å². The number of amides is 2. The molecule has 0 radical (unpaired) electrons. The maximum atomic E-state index is 12.8. The zero-order valence-electron chi connectivity index (χ0n) is 13.9. The largest absolute Gasteiger partial charge is 0.371 e. The second-order valence-electron chi connectivity index (χ2n) is 6.75. The van der Waals surface area contributed by atoms with Crippen LogP contribution in [-0.2, 0) is 9.59 Å². The molecule has 0 spiro atoms. The Balaban J connectivity index is 1.73. The fourth-order valence-electron chi connectivity index (χ4n) is 3.69. The Bertz CT molecular complexity index is 608. The summed E-state index contributed by atoms with van der Waals surface area (Å²) in [7, 11) is 0. The number of benzene rings is 1. The summed E-state index contributed by atoms with van der Waals surface area (Å²) in [5.41, 5.74) is 1.15. The van der Waals surface area contributed by atoms with Crippen LogP contribution in [0, 0.1) is 11.8 Å². The van der Waals surface area contributed by atoms with Crippen LogP contribution in [0.15, 0.2) is 42.7 Å². The molecule has 1 aromatic rings. The molecule has 1 aliphatic carbocycles. The fraction of sp³-hybridized carbons (Fsp3) is 0.474. The van der Waals surface area contributed by atoms with Gasteiger partial charge in [-0.05, 0) is 24.3 Å². The number of carbonyl (C=O) groups excluding carboxylic acids is 2. The van der Waals surface area contributed by atoms with Gasteiger partial charge in [-0.25, -0.2) is 0 Å². The Morgan fingerprint density at radius 2 is 1.92 bits per heavy atom. The summed E-state index contributed by atoms with van der Waals surface area (Å²) >= 11 is 0. The molecule has 2 amide bonds. The van der Waals surface area contributed by atoms with Gasteiger partial charge in [0, 0.05) is 13.0 Å². The molecule has 0 bridgehead atoms. The van der Waals surface area contributed by atoms with Crippen molar-refractivity contribution in [3.63, 3.8) is 0 Å². The number of hydrogen-bond acceptors (Lipinski definition) is 3. The van der Waals surface area contributed by atoms with Gasteiger partial charge < -0.3 is 16.0 Å². The van der Waals surface area contributed by atoms with Crippen molar-refractivity contribution in [1.82, 2.24) is 16.0 Å². The third kappa shape index (κ3) is 3.96. The molecular weight excluding hydrogens is 302 g/mol. The van der Waals surface area contributed by atoms with Gasteiger partial charge in [-0.2, -0.15) is 0 Å². The van der Waals surface area contributed by atoms with E-state index in [1.165, 1.54) is 12.8 Å². The third-order valence-corrected chi connectivity index (χ3v) is 4.98. The zero-order valence-corrected chi connectivity index (χ0v) is 13.9. The van der Waals surface area contributed by atoms with Crippen molar-refractivity contribution in [3.05, 3.63) is 48.3 Å². The maximum Gasteiger partial charge on any atom is 0.226 e. The minimum Gasteiger partial charge on any atom is -0.371 e. The Hall–Kier alpha value is -2.30. The lowest BCUT2D eigenvalue weighted by molar-refractivity contribution is -0.130. The van der Waals surface area contributed by atoms with Crippen molar-refractivity contribution in [2.24, 2.45) is 11.8 Å². The van der Waals surface area contributed by atoms with E-state index in [-0.39, 0.29) is 30.2 Å². The first-order valence-corrected chi connectivity index (χ1v) is 8.71. The molecule has 1 saturated carbocycles. The van der Waals surface area contributed by atoms with E-state index in [0.29, 0.717) is 18.3 Å². The van der Waals surface area contributed by atoms with Crippen molar-refractivity contribution in [3.8, 4) is 0 Å². The molecule has 1 aromatic carbocycles. The molecular formula is C19H25N3O2. The highest BCUT2D eigenvalue weighted by molar-refractivity contribution is 5.87. The molecule has 2 fully saturated rings. The predicted octanol–water partition coefficient (Wildman–Crippen LogP) is 2.23. The molecule has 2 atom stereocenters. The third-order valence-electron chi connectivity index (χ3n) is 4.98. The van der Waals surface area contributed by atoms with E-state index < -0.39 is 0 Å². The lowest BCUT2D eigenvalue weighted by Gasteiger charge is -2.27. The van der Waals surface area contributed by atoms with Gasteiger partial charge in [-0.3, -0.25) is 9.59 Å². The van der Waals surface area contributed by atoms with Gasteiger partial charge in [-0.1, -0.05) is 49.8 Å². The van der Waals surface area contributed by atoms with Crippen molar-refractivity contribution < 1.29 is 9.59 Å². The smallest absolute Gasteiger partial charge is 0.226 e. The minimum absolute atomic E-state index is 0.0238.